The number of hydrogen-bond donors (Lipinski definition) is 1. The number of carbonyl (C=O) groups excluding carboxylic acids is 1. The fourth-order valence-electron chi connectivity index (χ4n) is 1.74. The average molecular weight is 244 g/mol. The molecular weight excluding hydrogens is 231 g/mol. The molecule has 1 aromatic carbocycles. The lowest BCUT2D eigenvalue weighted by Gasteiger charge is -2.11. The molecule has 0 spiro atoms. The molecule has 1 N–H and O–H groups in total. The van der Waals surface area contributed by atoms with Crippen molar-refractivity contribution >= 4 is 11.6 Å². The summed E-state index contributed by atoms with van der Waals surface area (Å²) >= 11 is 0. The lowest BCUT2D eigenvalue weighted by molar-refractivity contribution is 0.102. The van der Waals surface area contributed by atoms with Crippen LogP contribution in [0.25, 0.3) is 0 Å². The van der Waals surface area contributed by atoms with Crippen molar-refractivity contribution in [3.05, 3.63) is 59.2 Å². The number of aromatic nitrogens is 1. The van der Waals surface area contributed by atoms with Crippen LogP contribution in [0, 0.1) is 19.8 Å². The highest BCUT2D eigenvalue weighted by molar-refractivity contribution is 6.04. The zero-order valence-corrected chi connectivity index (χ0v) is 10.2. The number of benzene rings is 1. The molecular formula is C14H13FN2O. The first-order valence-electron chi connectivity index (χ1n) is 5.57. The van der Waals surface area contributed by atoms with Crippen LogP contribution in [0.2, 0.25) is 0 Å². The van der Waals surface area contributed by atoms with Crippen molar-refractivity contribution in [2.24, 2.45) is 0 Å². The Kier molecular flexibility index (Phi) is 3.37. The van der Waals surface area contributed by atoms with E-state index in [0.717, 1.165) is 22.9 Å². The summed E-state index contributed by atoms with van der Waals surface area (Å²) in [5.41, 5.74) is 2.96. The first-order valence-corrected chi connectivity index (χ1v) is 5.57. The SMILES string of the molecule is Cc1cccc(C)c1NC(=O)c1ccnc(F)c1. The highest BCUT2D eigenvalue weighted by Crippen LogP contribution is 2.20. The number of rotatable bonds is 2. The number of nitrogens with one attached hydrogen (secondary N) is 1. The monoisotopic (exact) mass is 244 g/mol. The molecule has 0 aliphatic heterocycles. The molecule has 3 nitrogen and oxygen atoms in total. The molecule has 1 heterocycles. The molecule has 0 fully saturated rings. The molecule has 0 bridgehead atoms. The van der Waals surface area contributed by atoms with Gasteiger partial charge in [0.1, 0.15) is 0 Å². The van der Waals surface area contributed by atoms with Gasteiger partial charge in [-0.05, 0) is 31.0 Å². The van der Waals surface area contributed by atoms with Gasteiger partial charge in [-0.1, -0.05) is 18.2 Å². The number of para-hydroxylation sites is 1. The molecule has 2 rings (SSSR count). The zero-order chi connectivity index (χ0) is 13.1. The number of amides is 1. The number of halogens is 1. The third-order valence-electron chi connectivity index (χ3n) is 2.71. The van der Waals surface area contributed by atoms with Gasteiger partial charge >= 0.3 is 0 Å². The topological polar surface area (TPSA) is 42.0 Å². The van der Waals surface area contributed by atoms with Crippen molar-refractivity contribution in [3.63, 3.8) is 0 Å². The van der Waals surface area contributed by atoms with E-state index in [4.69, 9.17) is 0 Å². The number of anilines is 1. The molecule has 0 saturated heterocycles. The van der Waals surface area contributed by atoms with Crippen LogP contribution in [0.5, 0.6) is 0 Å². The van der Waals surface area contributed by atoms with E-state index >= 15 is 0 Å². The average Bonchev–Trinajstić information content (AvgIpc) is 2.34. The lowest BCUT2D eigenvalue weighted by Crippen LogP contribution is -2.14. The Labute approximate surface area is 105 Å². The third-order valence-corrected chi connectivity index (χ3v) is 2.71. The first kappa shape index (κ1) is 12.2. The van der Waals surface area contributed by atoms with Crippen molar-refractivity contribution in [3.8, 4) is 0 Å². The highest BCUT2D eigenvalue weighted by Gasteiger charge is 2.10. The van der Waals surface area contributed by atoms with Gasteiger partial charge in [0.2, 0.25) is 5.95 Å². The van der Waals surface area contributed by atoms with E-state index in [0.29, 0.717) is 0 Å². The normalized spacial score (nSPS) is 10.2. The number of carbonyl (C=O) groups is 1. The number of hydrogen-bond acceptors (Lipinski definition) is 2. The van der Waals surface area contributed by atoms with E-state index in [1.54, 1.807) is 0 Å². The summed E-state index contributed by atoms with van der Waals surface area (Å²) in [6.07, 6.45) is 1.27. The lowest BCUT2D eigenvalue weighted by atomic mass is 10.1. The molecule has 0 aliphatic carbocycles. The molecule has 0 unspecified atom stereocenters. The van der Waals surface area contributed by atoms with Gasteiger partial charge in [0, 0.05) is 23.5 Å². The van der Waals surface area contributed by atoms with E-state index in [1.807, 2.05) is 32.0 Å². The van der Waals surface area contributed by atoms with Gasteiger partial charge in [0.25, 0.3) is 5.91 Å². The van der Waals surface area contributed by atoms with Crippen LogP contribution in [0.3, 0.4) is 0 Å². The van der Waals surface area contributed by atoms with E-state index in [-0.39, 0.29) is 11.5 Å². The molecule has 0 aliphatic rings. The van der Waals surface area contributed by atoms with Crippen molar-refractivity contribution in [1.29, 1.82) is 0 Å². The minimum atomic E-state index is -0.663. The van der Waals surface area contributed by atoms with Crippen LogP contribution in [0.4, 0.5) is 10.1 Å². The Morgan fingerprint density at radius 1 is 1.22 bits per heavy atom. The zero-order valence-electron chi connectivity index (χ0n) is 10.2. The molecule has 4 heteroatoms. The van der Waals surface area contributed by atoms with Gasteiger partial charge in [-0.3, -0.25) is 4.79 Å². The summed E-state index contributed by atoms with van der Waals surface area (Å²) in [7, 11) is 0. The van der Waals surface area contributed by atoms with Gasteiger partial charge in [0.15, 0.2) is 0 Å². The Morgan fingerprint density at radius 3 is 2.50 bits per heavy atom. The van der Waals surface area contributed by atoms with Gasteiger partial charge in [0.05, 0.1) is 0 Å². The molecule has 0 atom stereocenters. The second-order valence-corrected chi connectivity index (χ2v) is 4.09. The van der Waals surface area contributed by atoms with Gasteiger partial charge in [-0.2, -0.15) is 4.39 Å². The Hall–Kier alpha value is -2.23. The van der Waals surface area contributed by atoms with Crippen LogP contribution in [-0.2, 0) is 0 Å². The van der Waals surface area contributed by atoms with E-state index in [9.17, 15) is 9.18 Å². The minimum Gasteiger partial charge on any atom is -0.322 e. The maximum atomic E-state index is 12.9. The third kappa shape index (κ3) is 2.53. The fourth-order valence-corrected chi connectivity index (χ4v) is 1.74. The Bertz CT molecular complexity index is 576. The molecule has 0 radical (unpaired) electrons. The predicted molar refractivity (Wildman–Crippen MR) is 68.1 cm³/mol. The standard InChI is InChI=1S/C14H13FN2O/c1-9-4-3-5-10(2)13(9)17-14(18)11-6-7-16-12(15)8-11/h3-8H,1-2H3,(H,17,18). The molecule has 1 aromatic heterocycles. The second-order valence-electron chi connectivity index (χ2n) is 4.09. The first-order chi connectivity index (χ1) is 8.58. The molecule has 1 amide bonds. The number of pyridine rings is 1. The van der Waals surface area contributed by atoms with Gasteiger partial charge < -0.3 is 5.32 Å². The predicted octanol–water partition coefficient (Wildman–Crippen LogP) is 3.09. The number of aryl methyl sites for hydroxylation is 2. The Morgan fingerprint density at radius 2 is 1.89 bits per heavy atom. The van der Waals surface area contributed by atoms with Crippen LogP contribution in [0.1, 0.15) is 21.5 Å². The van der Waals surface area contributed by atoms with Crippen LogP contribution >= 0.6 is 0 Å². The maximum absolute atomic E-state index is 12.9. The largest absolute Gasteiger partial charge is 0.322 e. The summed E-state index contributed by atoms with van der Waals surface area (Å²) in [5.74, 6) is -1.00. The fraction of sp³-hybridized carbons (Fsp3) is 0.143. The summed E-state index contributed by atoms with van der Waals surface area (Å²) in [6, 6.07) is 8.34. The van der Waals surface area contributed by atoms with Crippen molar-refractivity contribution in [1.82, 2.24) is 4.98 Å². The highest BCUT2D eigenvalue weighted by atomic mass is 19.1. The quantitative estimate of drug-likeness (QED) is 0.825. The van der Waals surface area contributed by atoms with E-state index in [1.165, 1.54) is 12.3 Å². The molecule has 18 heavy (non-hydrogen) atoms. The number of nitrogens with zero attached hydrogens (tertiary/aromatic N) is 1. The summed E-state index contributed by atoms with van der Waals surface area (Å²) in [4.78, 5) is 15.4. The van der Waals surface area contributed by atoms with Crippen molar-refractivity contribution in [2.45, 2.75) is 13.8 Å². The van der Waals surface area contributed by atoms with E-state index in [2.05, 4.69) is 10.3 Å². The minimum absolute atomic E-state index is 0.255. The second kappa shape index (κ2) is 4.96. The van der Waals surface area contributed by atoms with Gasteiger partial charge in [-0.25, -0.2) is 4.98 Å². The summed E-state index contributed by atoms with van der Waals surface area (Å²) < 4.78 is 12.9. The van der Waals surface area contributed by atoms with E-state index < -0.39 is 5.95 Å². The molecule has 0 saturated carbocycles. The molecule has 92 valence electrons. The maximum Gasteiger partial charge on any atom is 0.255 e. The molecule has 2 aromatic rings. The van der Waals surface area contributed by atoms with Crippen LogP contribution < -0.4 is 5.32 Å². The van der Waals surface area contributed by atoms with Crippen molar-refractivity contribution in [2.75, 3.05) is 5.32 Å². The summed E-state index contributed by atoms with van der Waals surface area (Å²) in [5, 5.41) is 2.79. The van der Waals surface area contributed by atoms with Crippen LogP contribution in [-0.4, -0.2) is 10.9 Å². The van der Waals surface area contributed by atoms with Crippen molar-refractivity contribution < 1.29 is 9.18 Å². The smallest absolute Gasteiger partial charge is 0.255 e. The summed E-state index contributed by atoms with van der Waals surface area (Å²) in [6.45, 7) is 3.82. The van der Waals surface area contributed by atoms with Crippen LogP contribution in [0.15, 0.2) is 36.5 Å². The Balaban J connectivity index is 2.27. The van der Waals surface area contributed by atoms with Gasteiger partial charge in [-0.15, -0.1) is 0 Å².